The van der Waals surface area contributed by atoms with Gasteiger partial charge in [0.15, 0.2) is 0 Å². The normalized spacial score (nSPS) is 17.2. The maximum atomic E-state index is 10.4. The molecule has 1 fully saturated rings. The van der Waals surface area contributed by atoms with E-state index in [4.69, 9.17) is 9.47 Å². The number of nitrogens with one attached hydrogen (secondary N) is 1. The minimum absolute atomic E-state index is 0.120. The van der Waals surface area contributed by atoms with Crippen molar-refractivity contribution in [1.82, 2.24) is 5.32 Å². The van der Waals surface area contributed by atoms with Crippen LogP contribution in [0.5, 0.6) is 11.5 Å². The summed E-state index contributed by atoms with van der Waals surface area (Å²) >= 11 is 0. The first-order valence-corrected chi connectivity index (χ1v) is 7.79. The Kier molecular flexibility index (Phi) is 5.48. The Labute approximate surface area is 127 Å². The average molecular weight is 293 g/mol. The van der Waals surface area contributed by atoms with Crippen molar-refractivity contribution in [3.63, 3.8) is 0 Å². The molecule has 0 atom stereocenters. The van der Waals surface area contributed by atoms with Crippen LogP contribution in [-0.4, -0.2) is 30.5 Å². The van der Waals surface area contributed by atoms with Crippen molar-refractivity contribution in [3.05, 3.63) is 23.8 Å². The third kappa shape index (κ3) is 4.61. The summed E-state index contributed by atoms with van der Waals surface area (Å²) in [4.78, 5) is 0. The van der Waals surface area contributed by atoms with E-state index in [1.807, 2.05) is 32.0 Å². The number of benzene rings is 1. The molecule has 4 heteroatoms. The summed E-state index contributed by atoms with van der Waals surface area (Å²) in [6.07, 6.45) is 4.18. The summed E-state index contributed by atoms with van der Waals surface area (Å²) in [6, 6.07) is 5.87. The summed E-state index contributed by atoms with van der Waals surface area (Å²) in [5, 5.41) is 13.7. The van der Waals surface area contributed by atoms with Crippen molar-refractivity contribution in [1.29, 1.82) is 0 Å². The zero-order valence-electron chi connectivity index (χ0n) is 13.3. The van der Waals surface area contributed by atoms with Crippen molar-refractivity contribution in [2.45, 2.75) is 57.8 Å². The monoisotopic (exact) mass is 293 g/mol. The van der Waals surface area contributed by atoms with Gasteiger partial charge in [0.25, 0.3) is 0 Å². The van der Waals surface area contributed by atoms with Gasteiger partial charge in [0.05, 0.1) is 18.8 Å². The third-order valence-corrected chi connectivity index (χ3v) is 3.94. The second-order valence-corrected chi connectivity index (χ2v) is 6.18. The van der Waals surface area contributed by atoms with Gasteiger partial charge in [-0.1, -0.05) is 18.9 Å². The zero-order valence-corrected chi connectivity index (χ0v) is 13.3. The number of ether oxygens (including phenoxy) is 2. The van der Waals surface area contributed by atoms with Gasteiger partial charge in [-0.25, -0.2) is 0 Å². The summed E-state index contributed by atoms with van der Waals surface area (Å²) in [5.74, 6) is 1.64. The molecular weight excluding hydrogens is 266 g/mol. The lowest BCUT2D eigenvalue weighted by atomic mass is 10.0. The largest absolute Gasteiger partial charge is 0.497 e. The lowest BCUT2D eigenvalue weighted by Crippen LogP contribution is -2.37. The molecule has 1 aromatic carbocycles. The van der Waals surface area contributed by atoms with Gasteiger partial charge < -0.3 is 19.9 Å². The summed E-state index contributed by atoms with van der Waals surface area (Å²) in [6.45, 7) is 5.35. The molecule has 0 saturated heterocycles. The van der Waals surface area contributed by atoms with Crippen LogP contribution in [0.25, 0.3) is 0 Å². The third-order valence-electron chi connectivity index (χ3n) is 3.94. The molecule has 21 heavy (non-hydrogen) atoms. The number of methoxy groups -OCH3 is 1. The van der Waals surface area contributed by atoms with Gasteiger partial charge in [-0.2, -0.15) is 0 Å². The van der Waals surface area contributed by atoms with Crippen LogP contribution in [0.4, 0.5) is 0 Å². The summed E-state index contributed by atoms with van der Waals surface area (Å²) in [5.41, 5.74) is 0.567. The van der Waals surface area contributed by atoms with E-state index in [0.717, 1.165) is 42.7 Å². The van der Waals surface area contributed by atoms with Crippen molar-refractivity contribution in [2.75, 3.05) is 13.7 Å². The molecule has 0 bridgehead atoms. The van der Waals surface area contributed by atoms with Crippen LogP contribution >= 0.6 is 0 Å². The fourth-order valence-electron chi connectivity index (χ4n) is 2.81. The number of hydrogen-bond acceptors (Lipinski definition) is 4. The van der Waals surface area contributed by atoms with Gasteiger partial charge in [-0.15, -0.1) is 0 Å². The van der Waals surface area contributed by atoms with Crippen molar-refractivity contribution in [3.8, 4) is 11.5 Å². The Hall–Kier alpha value is -1.26. The van der Waals surface area contributed by atoms with Gasteiger partial charge in [0, 0.05) is 24.7 Å². The molecule has 1 aromatic rings. The SMILES string of the molecule is COc1ccc(CNCC2(O)CCCC2)c(OC(C)C)c1. The molecule has 2 N–H and O–H groups in total. The maximum absolute atomic E-state index is 10.4. The second kappa shape index (κ2) is 7.14. The predicted molar refractivity (Wildman–Crippen MR) is 83.9 cm³/mol. The Morgan fingerprint density at radius 2 is 2.00 bits per heavy atom. The Balaban J connectivity index is 1.97. The van der Waals surface area contributed by atoms with Crippen LogP contribution in [0, 0.1) is 0 Å². The predicted octanol–water partition coefficient (Wildman–Crippen LogP) is 2.88. The molecule has 0 spiro atoms. The molecule has 0 amide bonds. The van der Waals surface area contributed by atoms with Crippen molar-refractivity contribution in [2.24, 2.45) is 0 Å². The van der Waals surface area contributed by atoms with Crippen LogP contribution in [0.15, 0.2) is 18.2 Å². The highest BCUT2D eigenvalue weighted by Gasteiger charge is 2.30. The van der Waals surface area contributed by atoms with E-state index in [2.05, 4.69) is 5.32 Å². The molecule has 0 unspecified atom stereocenters. The molecule has 1 aliphatic rings. The maximum Gasteiger partial charge on any atom is 0.127 e. The first kappa shape index (κ1) is 16.1. The van der Waals surface area contributed by atoms with E-state index < -0.39 is 5.60 Å². The highest BCUT2D eigenvalue weighted by Crippen LogP contribution is 2.29. The van der Waals surface area contributed by atoms with Gasteiger partial charge in [0.2, 0.25) is 0 Å². The van der Waals surface area contributed by atoms with Crippen LogP contribution < -0.4 is 14.8 Å². The van der Waals surface area contributed by atoms with E-state index >= 15 is 0 Å². The molecule has 0 aromatic heterocycles. The van der Waals surface area contributed by atoms with E-state index in [-0.39, 0.29) is 6.10 Å². The summed E-state index contributed by atoms with van der Waals surface area (Å²) < 4.78 is 11.1. The standard InChI is InChI=1S/C17H27NO3/c1-13(2)21-16-10-15(20-3)7-6-14(16)11-18-12-17(19)8-4-5-9-17/h6-7,10,13,18-19H,4-5,8-9,11-12H2,1-3H3. The van der Waals surface area contributed by atoms with Gasteiger partial charge in [-0.3, -0.25) is 0 Å². The Morgan fingerprint density at radius 3 is 2.62 bits per heavy atom. The molecular formula is C17H27NO3. The van der Waals surface area contributed by atoms with Gasteiger partial charge in [-0.05, 0) is 32.8 Å². The molecule has 0 aliphatic heterocycles. The van der Waals surface area contributed by atoms with Crippen LogP contribution in [0.1, 0.15) is 45.1 Å². The summed E-state index contributed by atoms with van der Waals surface area (Å²) in [7, 11) is 1.65. The highest BCUT2D eigenvalue weighted by molar-refractivity contribution is 5.40. The highest BCUT2D eigenvalue weighted by atomic mass is 16.5. The zero-order chi connectivity index (χ0) is 15.3. The van der Waals surface area contributed by atoms with Gasteiger partial charge >= 0.3 is 0 Å². The Bertz CT molecular complexity index is 453. The molecule has 0 heterocycles. The fraction of sp³-hybridized carbons (Fsp3) is 0.647. The average Bonchev–Trinajstić information content (AvgIpc) is 2.86. The van der Waals surface area contributed by atoms with Crippen LogP contribution in [-0.2, 0) is 6.54 Å². The van der Waals surface area contributed by atoms with E-state index in [1.165, 1.54) is 0 Å². The van der Waals surface area contributed by atoms with Gasteiger partial charge in [0.1, 0.15) is 11.5 Å². The second-order valence-electron chi connectivity index (χ2n) is 6.18. The van der Waals surface area contributed by atoms with E-state index in [0.29, 0.717) is 13.1 Å². The van der Waals surface area contributed by atoms with Crippen LogP contribution in [0.3, 0.4) is 0 Å². The molecule has 2 rings (SSSR count). The molecule has 1 aliphatic carbocycles. The molecule has 1 saturated carbocycles. The Morgan fingerprint density at radius 1 is 1.29 bits per heavy atom. The minimum Gasteiger partial charge on any atom is -0.497 e. The fourth-order valence-corrected chi connectivity index (χ4v) is 2.81. The first-order chi connectivity index (χ1) is 10.0. The van der Waals surface area contributed by atoms with Crippen molar-refractivity contribution < 1.29 is 14.6 Å². The molecule has 4 nitrogen and oxygen atoms in total. The molecule has 118 valence electrons. The first-order valence-electron chi connectivity index (χ1n) is 7.79. The smallest absolute Gasteiger partial charge is 0.127 e. The molecule has 0 radical (unpaired) electrons. The number of hydrogen-bond donors (Lipinski definition) is 2. The topological polar surface area (TPSA) is 50.7 Å². The van der Waals surface area contributed by atoms with E-state index in [9.17, 15) is 5.11 Å². The van der Waals surface area contributed by atoms with Crippen molar-refractivity contribution >= 4 is 0 Å². The van der Waals surface area contributed by atoms with E-state index in [1.54, 1.807) is 7.11 Å². The number of rotatable bonds is 7. The minimum atomic E-state index is -0.522. The van der Waals surface area contributed by atoms with Crippen LogP contribution in [0.2, 0.25) is 0 Å². The lowest BCUT2D eigenvalue weighted by Gasteiger charge is -2.23. The lowest BCUT2D eigenvalue weighted by molar-refractivity contribution is 0.0474. The number of aliphatic hydroxyl groups is 1. The quantitative estimate of drug-likeness (QED) is 0.811.